The summed E-state index contributed by atoms with van der Waals surface area (Å²) in [6, 6.07) is 14.3. The molecule has 0 aliphatic rings. The van der Waals surface area contributed by atoms with Crippen molar-refractivity contribution in [1.82, 2.24) is 0 Å². The third-order valence-electron chi connectivity index (χ3n) is 2.49. The lowest BCUT2D eigenvalue weighted by molar-refractivity contribution is -0.118. The van der Waals surface area contributed by atoms with Gasteiger partial charge in [-0.25, -0.2) is 4.39 Å². The lowest BCUT2D eigenvalue weighted by atomic mass is 10.2. The number of hydrogen-bond acceptors (Lipinski definition) is 3. The van der Waals surface area contributed by atoms with Crippen LogP contribution in [0.25, 0.3) is 0 Å². The maximum atomic E-state index is 13.0. The summed E-state index contributed by atoms with van der Waals surface area (Å²) >= 11 is 0. The second kappa shape index (κ2) is 6.34. The van der Waals surface area contributed by atoms with Crippen LogP contribution in [-0.2, 0) is 4.79 Å². The number of anilines is 1. The molecule has 0 saturated carbocycles. The van der Waals surface area contributed by atoms with Gasteiger partial charge in [0.1, 0.15) is 17.6 Å². The van der Waals surface area contributed by atoms with Gasteiger partial charge in [-0.15, -0.1) is 0 Å². The summed E-state index contributed by atoms with van der Waals surface area (Å²) in [7, 11) is 0. The van der Waals surface area contributed by atoms with E-state index in [0.29, 0.717) is 5.75 Å². The van der Waals surface area contributed by atoms with Gasteiger partial charge in [-0.1, -0.05) is 18.2 Å². The molecule has 0 atom stereocenters. The highest BCUT2D eigenvalue weighted by Gasteiger charge is 2.08. The Kier molecular flexibility index (Phi) is 4.30. The first-order valence-corrected chi connectivity index (χ1v) is 5.86. The Morgan fingerprint density at radius 1 is 1.25 bits per heavy atom. The number of ether oxygens (including phenoxy) is 1. The molecule has 4 nitrogen and oxygen atoms in total. The molecule has 5 heteroatoms. The van der Waals surface area contributed by atoms with Crippen LogP contribution in [0.2, 0.25) is 0 Å². The van der Waals surface area contributed by atoms with E-state index in [1.165, 1.54) is 12.1 Å². The SMILES string of the molecule is N#Cc1cc(F)ccc1NC(=O)COc1ccccc1. The topological polar surface area (TPSA) is 62.1 Å². The predicted octanol–water partition coefficient (Wildman–Crippen LogP) is 2.71. The minimum atomic E-state index is -0.528. The number of hydrogen-bond donors (Lipinski definition) is 1. The molecule has 0 unspecified atom stereocenters. The van der Waals surface area contributed by atoms with E-state index in [1.807, 2.05) is 12.1 Å². The first kappa shape index (κ1) is 13.6. The fourth-order valence-corrected chi connectivity index (χ4v) is 1.57. The molecule has 1 N–H and O–H groups in total. The molecule has 0 aliphatic carbocycles. The van der Waals surface area contributed by atoms with E-state index >= 15 is 0 Å². The second-order valence-corrected chi connectivity index (χ2v) is 3.95. The number of para-hydroxylation sites is 1. The van der Waals surface area contributed by atoms with Crippen LogP contribution in [-0.4, -0.2) is 12.5 Å². The summed E-state index contributed by atoms with van der Waals surface area (Å²) in [5, 5.41) is 11.4. The summed E-state index contributed by atoms with van der Waals surface area (Å²) in [5.74, 6) is -0.376. The smallest absolute Gasteiger partial charge is 0.262 e. The van der Waals surface area contributed by atoms with Crippen molar-refractivity contribution >= 4 is 11.6 Å². The number of benzene rings is 2. The van der Waals surface area contributed by atoms with Crippen LogP contribution in [0.5, 0.6) is 5.75 Å². The van der Waals surface area contributed by atoms with Crippen molar-refractivity contribution in [2.45, 2.75) is 0 Å². The van der Waals surface area contributed by atoms with E-state index in [1.54, 1.807) is 24.3 Å². The average Bonchev–Trinajstić information content (AvgIpc) is 2.48. The molecule has 0 bridgehead atoms. The van der Waals surface area contributed by atoms with Crippen LogP contribution < -0.4 is 10.1 Å². The number of carbonyl (C=O) groups excluding carboxylic acids is 1. The largest absolute Gasteiger partial charge is 0.484 e. The van der Waals surface area contributed by atoms with Gasteiger partial charge in [0.25, 0.3) is 5.91 Å². The summed E-state index contributed by atoms with van der Waals surface area (Å²) < 4.78 is 18.2. The number of rotatable bonds is 4. The van der Waals surface area contributed by atoms with Crippen LogP contribution in [0.1, 0.15) is 5.56 Å². The molecule has 0 saturated heterocycles. The highest BCUT2D eigenvalue weighted by Crippen LogP contribution is 2.16. The van der Waals surface area contributed by atoms with Gasteiger partial charge in [-0.05, 0) is 30.3 Å². The van der Waals surface area contributed by atoms with Crippen molar-refractivity contribution in [3.63, 3.8) is 0 Å². The van der Waals surface area contributed by atoms with Crippen molar-refractivity contribution in [1.29, 1.82) is 5.26 Å². The molecule has 0 heterocycles. The summed E-state index contributed by atoms with van der Waals surface area (Å²) in [6.07, 6.45) is 0. The number of halogens is 1. The van der Waals surface area contributed by atoms with Crippen molar-refractivity contribution < 1.29 is 13.9 Å². The van der Waals surface area contributed by atoms with E-state index in [4.69, 9.17) is 10.00 Å². The number of carbonyl (C=O) groups is 1. The lowest BCUT2D eigenvalue weighted by Gasteiger charge is -2.08. The standard InChI is InChI=1S/C15H11FN2O2/c16-12-6-7-14(11(8-12)9-17)18-15(19)10-20-13-4-2-1-3-5-13/h1-8H,10H2,(H,18,19). The minimum absolute atomic E-state index is 0.0676. The Labute approximate surface area is 115 Å². The number of amides is 1. The Bertz CT molecular complexity index is 651. The quantitative estimate of drug-likeness (QED) is 0.929. The second-order valence-electron chi connectivity index (χ2n) is 3.95. The Hall–Kier alpha value is -2.87. The summed E-state index contributed by atoms with van der Waals surface area (Å²) in [6.45, 7) is -0.188. The molecular weight excluding hydrogens is 259 g/mol. The first-order chi connectivity index (χ1) is 9.69. The number of nitriles is 1. The van der Waals surface area contributed by atoms with Gasteiger partial charge in [0.05, 0.1) is 11.3 Å². The zero-order chi connectivity index (χ0) is 14.4. The molecule has 1 amide bonds. The minimum Gasteiger partial charge on any atom is -0.484 e. The van der Waals surface area contributed by atoms with Gasteiger partial charge >= 0.3 is 0 Å². The molecule has 0 spiro atoms. The monoisotopic (exact) mass is 270 g/mol. The zero-order valence-corrected chi connectivity index (χ0v) is 10.5. The first-order valence-electron chi connectivity index (χ1n) is 5.86. The molecule has 0 aliphatic heterocycles. The van der Waals surface area contributed by atoms with Gasteiger partial charge in [0.15, 0.2) is 6.61 Å². The van der Waals surface area contributed by atoms with Gasteiger partial charge in [-0.3, -0.25) is 4.79 Å². The molecule has 0 aromatic heterocycles. The highest BCUT2D eigenvalue weighted by atomic mass is 19.1. The molecule has 20 heavy (non-hydrogen) atoms. The molecular formula is C15H11FN2O2. The van der Waals surface area contributed by atoms with Crippen molar-refractivity contribution in [3.05, 3.63) is 59.9 Å². The van der Waals surface area contributed by atoms with Crippen LogP contribution >= 0.6 is 0 Å². The van der Waals surface area contributed by atoms with Crippen LogP contribution in [0.4, 0.5) is 10.1 Å². The Morgan fingerprint density at radius 3 is 2.70 bits per heavy atom. The van der Waals surface area contributed by atoms with E-state index < -0.39 is 11.7 Å². The van der Waals surface area contributed by atoms with Gasteiger partial charge in [0, 0.05) is 0 Å². The van der Waals surface area contributed by atoms with Gasteiger partial charge in [0.2, 0.25) is 0 Å². The zero-order valence-electron chi connectivity index (χ0n) is 10.5. The summed E-state index contributed by atoms with van der Waals surface area (Å²) in [5.41, 5.74) is 0.327. The van der Waals surface area contributed by atoms with E-state index in [2.05, 4.69) is 5.32 Å². The van der Waals surface area contributed by atoms with Gasteiger partial charge < -0.3 is 10.1 Å². The maximum absolute atomic E-state index is 13.0. The van der Waals surface area contributed by atoms with Crippen LogP contribution in [0, 0.1) is 17.1 Å². The molecule has 0 fully saturated rings. The van der Waals surface area contributed by atoms with Crippen LogP contribution in [0.3, 0.4) is 0 Å². The Balaban J connectivity index is 1.97. The lowest BCUT2D eigenvalue weighted by Crippen LogP contribution is -2.20. The van der Waals surface area contributed by atoms with E-state index in [0.717, 1.165) is 6.07 Å². The average molecular weight is 270 g/mol. The maximum Gasteiger partial charge on any atom is 0.262 e. The Morgan fingerprint density at radius 2 is 2.00 bits per heavy atom. The van der Waals surface area contributed by atoms with E-state index in [9.17, 15) is 9.18 Å². The van der Waals surface area contributed by atoms with Crippen LogP contribution in [0.15, 0.2) is 48.5 Å². The van der Waals surface area contributed by atoms with Gasteiger partial charge in [-0.2, -0.15) is 5.26 Å². The van der Waals surface area contributed by atoms with Crippen molar-refractivity contribution in [2.75, 3.05) is 11.9 Å². The highest BCUT2D eigenvalue weighted by molar-refractivity contribution is 5.93. The molecule has 2 rings (SSSR count). The predicted molar refractivity (Wildman–Crippen MR) is 71.7 cm³/mol. The van der Waals surface area contributed by atoms with E-state index in [-0.39, 0.29) is 17.9 Å². The molecule has 2 aromatic rings. The molecule has 0 radical (unpaired) electrons. The third-order valence-corrected chi connectivity index (χ3v) is 2.49. The number of nitrogens with zero attached hydrogens (tertiary/aromatic N) is 1. The fourth-order valence-electron chi connectivity index (χ4n) is 1.57. The van der Waals surface area contributed by atoms with Crippen molar-refractivity contribution in [3.8, 4) is 11.8 Å². The molecule has 100 valence electrons. The number of nitrogens with one attached hydrogen (secondary N) is 1. The summed E-state index contributed by atoms with van der Waals surface area (Å²) in [4.78, 5) is 11.7. The van der Waals surface area contributed by atoms with Crippen molar-refractivity contribution in [2.24, 2.45) is 0 Å². The molecule has 2 aromatic carbocycles. The normalized spacial score (nSPS) is 9.60. The fraction of sp³-hybridized carbons (Fsp3) is 0.0667. The third kappa shape index (κ3) is 3.56.